The number of carbonyl (C=O) groups excluding carboxylic acids is 3. The number of anilines is 2. The van der Waals surface area contributed by atoms with Crippen molar-refractivity contribution in [2.45, 2.75) is 17.1 Å². The van der Waals surface area contributed by atoms with Gasteiger partial charge in [0.1, 0.15) is 10.9 Å². The molecule has 1 atom stereocenters. The fourth-order valence-corrected chi connectivity index (χ4v) is 5.88. The van der Waals surface area contributed by atoms with E-state index in [1.807, 2.05) is 43.3 Å². The zero-order chi connectivity index (χ0) is 34.0. The Labute approximate surface area is 286 Å². The molecule has 0 fully saturated rings. The first-order valence-electron chi connectivity index (χ1n) is 14.7. The number of carbonyl (C=O) groups is 3. The van der Waals surface area contributed by atoms with Crippen molar-refractivity contribution >= 4 is 64.2 Å². The third kappa shape index (κ3) is 8.75. The molecule has 0 heterocycles. The molecule has 48 heavy (non-hydrogen) atoms. The molecule has 0 aromatic heterocycles. The fourth-order valence-electron chi connectivity index (χ4n) is 4.62. The average Bonchev–Trinajstić information content (AvgIpc) is 3.10. The van der Waals surface area contributed by atoms with Gasteiger partial charge >= 0.3 is 0 Å². The van der Waals surface area contributed by atoms with E-state index >= 15 is 0 Å². The lowest BCUT2D eigenvalue weighted by molar-refractivity contribution is -0.384. The summed E-state index contributed by atoms with van der Waals surface area (Å²) < 4.78 is 0. The number of benzene rings is 5. The van der Waals surface area contributed by atoms with Gasteiger partial charge in [-0.15, -0.1) is 11.8 Å². The van der Waals surface area contributed by atoms with E-state index in [0.29, 0.717) is 32.4 Å². The summed E-state index contributed by atoms with van der Waals surface area (Å²) in [6.07, 6.45) is 1.44. The Bertz CT molecular complexity index is 1990. The third-order valence-electron chi connectivity index (χ3n) is 7.16. The summed E-state index contributed by atoms with van der Waals surface area (Å²) in [5.74, 6) is -1.37. The summed E-state index contributed by atoms with van der Waals surface area (Å²) in [5, 5.41) is 19.5. The smallest absolute Gasteiger partial charge is 0.272 e. The molecule has 0 spiro atoms. The monoisotopic (exact) mass is 676 g/mol. The minimum atomic E-state index is -0.640. The number of nitro groups is 1. The quantitative estimate of drug-likeness (QED) is 0.0557. The maximum atomic E-state index is 13.7. The van der Waals surface area contributed by atoms with E-state index in [9.17, 15) is 24.5 Å². The molecule has 5 aromatic rings. The van der Waals surface area contributed by atoms with Gasteiger partial charge in [0.15, 0.2) is 0 Å². The van der Waals surface area contributed by atoms with Crippen LogP contribution >= 0.6 is 23.4 Å². The highest BCUT2D eigenvalue weighted by atomic mass is 35.5. The van der Waals surface area contributed by atoms with Crippen LogP contribution in [0.4, 0.5) is 17.1 Å². The van der Waals surface area contributed by atoms with Crippen LogP contribution in [0.1, 0.15) is 32.3 Å². The van der Waals surface area contributed by atoms with Gasteiger partial charge in [0.05, 0.1) is 4.92 Å². The Morgan fingerprint density at radius 3 is 2.17 bits per heavy atom. The van der Waals surface area contributed by atoms with Crippen LogP contribution < -0.4 is 16.0 Å². The normalized spacial score (nSPS) is 11.7. The first kappa shape index (κ1) is 33.6. The zero-order valence-electron chi connectivity index (χ0n) is 25.6. The molecule has 0 aliphatic carbocycles. The second kappa shape index (κ2) is 15.7. The standard InChI is InChI=1S/C37H29ClN4O5S/c1-24-31(38)16-9-17-32(24)40-37(45)34(26-10-4-2-5-11-26)48-30-15-8-14-28(23-30)39-36(44)33(41-35(43)27-12-6-3-7-13-27)22-25-18-20-29(21-19-25)42(46)47/h2-23,34H,1H3,(H,39,44)(H,40,45)(H,41,43)/b33-22+. The van der Waals surface area contributed by atoms with Crippen LogP contribution in [0.15, 0.2) is 138 Å². The summed E-state index contributed by atoms with van der Waals surface area (Å²) in [4.78, 5) is 51.6. The summed E-state index contributed by atoms with van der Waals surface area (Å²) in [7, 11) is 0. The van der Waals surface area contributed by atoms with Crippen LogP contribution in [-0.4, -0.2) is 22.6 Å². The third-order valence-corrected chi connectivity index (χ3v) is 8.81. The number of hydrogen-bond acceptors (Lipinski definition) is 6. The van der Waals surface area contributed by atoms with E-state index in [4.69, 9.17) is 11.6 Å². The van der Waals surface area contributed by atoms with Crippen LogP contribution in [0, 0.1) is 17.0 Å². The number of halogens is 1. The SMILES string of the molecule is Cc1c(Cl)cccc1NC(=O)C(Sc1cccc(NC(=O)/C(=C\c2ccc([N+](=O)[O-])cc2)NC(=O)c2ccccc2)c1)c1ccccc1. The van der Waals surface area contributed by atoms with Gasteiger partial charge in [-0.1, -0.05) is 72.3 Å². The predicted molar refractivity (Wildman–Crippen MR) is 190 cm³/mol. The van der Waals surface area contributed by atoms with Crippen LogP contribution in [0.2, 0.25) is 5.02 Å². The Morgan fingerprint density at radius 1 is 0.812 bits per heavy atom. The summed E-state index contributed by atoms with van der Waals surface area (Å²) >= 11 is 7.59. The topological polar surface area (TPSA) is 130 Å². The highest BCUT2D eigenvalue weighted by molar-refractivity contribution is 8.00. The van der Waals surface area contributed by atoms with E-state index in [-0.39, 0.29) is 17.3 Å². The molecule has 0 radical (unpaired) electrons. The molecule has 3 amide bonds. The Hall–Kier alpha value is -5.71. The molecule has 0 saturated heterocycles. The van der Waals surface area contributed by atoms with Gasteiger partial charge in [-0.3, -0.25) is 24.5 Å². The second-order valence-corrected chi connectivity index (χ2v) is 12.1. The van der Waals surface area contributed by atoms with E-state index in [1.165, 1.54) is 42.1 Å². The fraction of sp³-hybridized carbons (Fsp3) is 0.0541. The molecule has 1 unspecified atom stereocenters. The first-order valence-corrected chi connectivity index (χ1v) is 16.0. The first-order chi connectivity index (χ1) is 23.2. The molecule has 240 valence electrons. The molecular formula is C37H29ClN4O5S. The van der Waals surface area contributed by atoms with Crippen LogP contribution in [0.25, 0.3) is 6.08 Å². The summed E-state index contributed by atoms with van der Waals surface area (Å²) in [5.41, 5.74) is 3.20. The van der Waals surface area contributed by atoms with Crippen molar-refractivity contribution in [3.63, 3.8) is 0 Å². The van der Waals surface area contributed by atoms with Gasteiger partial charge < -0.3 is 16.0 Å². The van der Waals surface area contributed by atoms with Crippen molar-refractivity contribution in [2.75, 3.05) is 10.6 Å². The van der Waals surface area contributed by atoms with Gasteiger partial charge in [-0.25, -0.2) is 0 Å². The molecule has 0 aliphatic rings. The molecule has 0 saturated carbocycles. The number of hydrogen-bond donors (Lipinski definition) is 3. The van der Waals surface area contributed by atoms with Crippen molar-refractivity contribution in [3.05, 3.63) is 170 Å². The lowest BCUT2D eigenvalue weighted by Crippen LogP contribution is -2.30. The lowest BCUT2D eigenvalue weighted by Gasteiger charge is -2.19. The number of amides is 3. The Morgan fingerprint density at radius 2 is 1.48 bits per heavy atom. The Kier molecular flexibility index (Phi) is 11.0. The lowest BCUT2D eigenvalue weighted by atomic mass is 10.1. The molecule has 0 aliphatic heterocycles. The molecule has 5 aromatic carbocycles. The number of nitrogens with zero attached hydrogens (tertiary/aromatic N) is 1. The van der Waals surface area contributed by atoms with Crippen molar-refractivity contribution in [1.29, 1.82) is 0 Å². The minimum Gasteiger partial charge on any atom is -0.325 e. The molecular weight excluding hydrogens is 648 g/mol. The van der Waals surface area contributed by atoms with E-state index in [0.717, 1.165) is 11.1 Å². The van der Waals surface area contributed by atoms with Crippen molar-refractivity contribution in [3.8, 4) is 0 Å². The number of non-ortho nitro benzene ring substituents is 1. The zero-order valence-corrected chi connectivity index (χ0v) is 27.1. The number of thioether (sulfide) groups is 1. The van der Waals surface area contributed by atoms with Gasteiger partial charge in [0, 0.05) is 39.0 Å². The Balaban J connectivity index is 1.39. The highest BCUT2D eigenvalue weighted by Crippen LogP contribution is 2.38. The van der Waals surface area contributed by atoms with Crippen molar-refractivity contribution < 1.29 is 19.3 Å². The van der Waals surface area contributed by atoms with Crippen LogP contribution in [0.5, 0.6) is 0 Å². The van der Waals surface area contributed by atoms with Gasteiger partial charge in [0.25, 0.3) is 17.5 Å². The summed E-state index contributed by atoms with van der Waals surface area (Å²) in [6, 6.07) is 35.7. The van der Waals surface area contributed by atoms with Gasteiger partial charge in [-0.05, 0) is 84.3 Å². The van der Waals surface area contributed by atoms with Crippen LogP contribution in [0.3, 0.4) is 0 Å². The number of nitro benzene ring substituents is 1. The largest absolute Gasteiger partial charge is 0.325 e. The van der Waals surface area contributed by atoms with Gasteiger partial charge in [0.2, 0.25) is 5.91 Å². The molecule has 11 heteroatoms. The highest BCUT2D eigenvalue weighted by Gasteiger charge is 2.23. The van der Waals surface area contributed by atoms with Gasteiger partial charge in [-0.2, -0.15) is 0 Å². The molecule has 9 nitrogen and oxygen atoms in total. The maximum Gasteiger partial charge on any atom is 0.272 e. The summed E-state index contributed by atoms with van der Waals surface area (Å²) in [6.45, 7) is 1.83. The second-order valence-electron chi connectivity index (χ2n) is 10.5. The minimum absolute atomic E-state index is 0.0748. The predicted octanol–water partition coefficient (Wildman–Crippen LogP) is 8.44. The van der Waals surface area contributed by atoms with Crippen molar-refractivity contribution in [2.24, 2.45) is 0 Å². The molecule has 0 bridgehead atoms. The number of rotatable bonds is 11. The molecule has 5 rings (SSSR count). The van der Waals surface area contributed by atoms with E-state index < -0.39 is 22.0 Å². The molecule has 3 N–H and O–H groups in total. The van der Waals surface area contributed by atoms with E-state index in [1.54, 1.807) is 66.7 Å². The maximum absolute atomic E-state index is 13.7. The van der Waals surface area contributed by atoms with Crippen molar-refractivity contribution in [1.82, 2.24) is 5.32 Å². The van der Waals surface area contributed by atoms with E-state index in [2.05, 4.69) is 16.0 Å². The number of nitrogens with one attached hydrogen (secondary N) is 3. The average molecular weight is 677 g/mol. The van der Waals surface area contributed by atoms with Crippen LogP contribution in [-0.2, 0) is 9.59 Å².